The van der Waals surface area contributed by atoms with Crippen LogP contribution in [0.3, 0.4) is 0 Å². The van der Waals surface area contributed by atoms with E-state index in [-0.39, 0.29) is 5.56 Å². The lowest BCUT2D eigenvalue weighted by Crippen LogP contribution is -2.14. The normalized spacial score (nSPS) is 10.9. The van der Waals surface area contributed by atoms with Gasteiger partial charge >= 0.3 is 0 Å². The molecular weight excluding hydrogens is 236 g/mol. The summed E-state index contributed by atoms with van der Waals surface area (Å²) in [5, 5.41) is 8.18. The monoisotopic (exact) mass is 252 g/mol. The molecule has 6 heteroatoms. The van der Waals surface area contributed by atoms with Gasteiger partial charge in [-0.2, -0.15) is 4.52 Å². The van der Waals surface area contributed by atoms with Crippen molar-refractivity contribution >= 4 is 21.4 Å². The number of anilines is 1. The second-order valence-corrected chi connectivity index (χ2v) is 4.93. The highest BCUT2D eigenvalue weighted by Crippen LogP contribution is 2.16. The second kappa shape index (κ2) is 5.27. The SMILES string of the molecule is CCCCCNc1nn2c(=O)cc(C)nc2s1. The molecule has 2 heterocycles. The maximum absolute atomic E-state index is 11.6. The van der Waals surface area contributed by atoms with E-state index in [2.05, 4.69) is 22.3 Å². The minimum absolute atomic E-state index is 0.120. The number of nitrogens with zero attached hydrogens (tertiary/aromatic N) is 3. The molecule has 1 N–H and O–H groups in total. The van der Waals surface area contributed by atoms with Crippen molar-refractivity contribution in [2.75, 3.05) is 11.9 Å². The van der Waals surface area contributed by atoms with Gasteiger partial charge in [0.25, 0.3) is 5.56 Å². The quantitative estimate of drug-likeness (QED) is 0.827. The van der Waals surface area contributed by atoms with Gasteiger partial charge in [-0.05, 0) is 13.3 Å². The minimum Gasteiger partial charge on any atom is -0.360 e. The fraction of sp³-hybridized carbons (Fsp3) is 0.545. The molecule has 0 aliphatic carbocycles. The third kappa shape index (κ3) is 2.82. The molecule has 0 aliphatic rings. The number of aromatic nitrogens is 3. The molecular formula is C11H16N4OS. The van der Waals surface area contributed by atoms with E-state index in [9.17, 15) is 4.79 Å². The Kier molecular flexibility index (Phi) is 3.73. The van der Waals surface area contributed by atoms with E-state index in [1.165, 1.54) is 34.8 Å². The van der Waals surface area contributed by atoms with Crippen molar-refractivity contribution in [2.45, 2.75) is 33.1 Å². The lowest BCUT2D eigenvalue weighted by atomic mass is 10.2. The number of rotatable bonds is 5. The molecule has 0 fully saturated rings. The van der Waals surface area contributed by atoms with Gasteiger partial charge in [0.1, 0.15) is 0 Å². The topological polar surface area (TPSA) is 59.3 Å². The molecule has 0 unspecified atom stereocenters. The first-order chi connectivity index (χ1) is 8.20. The van der Waals surface area contributed by atoms with Gasteiger partial charge in [0.2, 0.25) is 10.1 Å². The maximum atomic E-state index is 11.6. The van der Waals surface area contributed by atoms with E-state index >= 15 is 0 Å². The average molecular weight is 252 g/mol. The molecule has 0 aromatic carbocycles. The number of hydrogen-bond acceptors (Lipinski definition) is 5. The van der Waals surface area contributed by atoms with Crippen molar-refractivity contribution in [3.8, 4) is 0 Å². The first-order valence-corrected chi connectivity index (χ1v) is 6.63. The predicted octanol–water partition coefficient (Wildman–Crippen LogP) is 2.06. The summed E-state index contributed by atoms with van der Waals surface area (Å²) < 4.78 is 1.35. The molecule has 92 valence electrons. The molecule has 0 amide bonds. The van der Waals surface area contributed by atoms with Crippen LogP contribution < -0.4 is 10.9 Å². The molecule has 0 atom stereocenters. The van der Waals surface area contributed by atoms with E-state index in [0.717, 1.165) is 23.8 Å². The summed E-state index contributed by atoms with van der Waals surface area (Å²) in [5.41, 5.74) is 0.613. The zero-order valence-electron chi connectivity index (χ0n) is 10.1. The number of aryl methyl sites for hydroxylation is 1. The van der Waals surface area contributed by atoms with Gasteiger partial charge in [-0.1, -0.05) is 31.1 Å². The highest BCUT2D eigenvalue weighted by molar-refractivity contribution is 7.20. The van der Waals surface area contributed by atoms with Crippen LogP contribution in [0.15, 0.2) is 10.9 Å². The van der Waals surface area contributed by atoms with Gasteiger partial charge in [0, 0.05) is 18.3 Å². The van der Waals surface area contributed by atoms with Crippen molar-refractivity contribution in [1.29, 1.82) is 0 Å². The highest BCUT2D eigenvalue weighted by Gasteiger charge is 2.06. The van der Waals surface area contributed by atoms with Crippen LogP contribution >= 0.6 is 11.3 Å². The van der Waals surface area contributed by atoms with Gasteiger partial charge in [0.15, 0.2) is 0 Å². The van der Waals surface area contributed by atoms with Crippen molar-refractivity contribution in [2.24, 2.45) is 0 Å². The van der Waals surface area contributed by atoms with Crippen LogP contribution in [0, 0.1) is 6.92 Å². The van der Waals surface area contributed by atoms with Gasteiger partial charge in [-0.3, -0.25) is 4.79 Å². The smallest absolute Gasteiger partial charge is 0.275 e. The molecule has 2 rings (SSSR count). The number of fused-ring (bicyclic) bond motifs is 1. The van der Waals surface area contributed by atoms with Gasteiger partial charge in [-0.15, -0.1) is 5.10 Å². The molecule has 0 aliphatic heterocycles. The van der Waals surface area contributed by atoms with Crippen LogP contribution in [0.1, 0.15) is 31.9 Å². The molecule has 0 radical (unpaired) electrons. The summed E-state index contributed by atoms with van der Waals surface area (Å²) in [7, 11) is 0. The summed E-state index contributed by atoms with van der Waals surface area (Å²) in [5.74, 6) is 0. The minimum atomic E-state index is -0.120. The van der Waals surface area contributed by atoms with Gasteiger partial charge in [0.05, 0.1) is 0 Å². The van der Waals surface area contributed by atoms with Gasteiger partial charge < -0.3 is 5.32 Å². The Bertz CT molecular complexity index is 560. The Labute approximate surface area is 104 Å². The molecule has 0 saturated heterocycles. The Morgan fingerprint density at radius 3 is 3.06 bits per heavy atom. The van der Waals surface area contributed by atoms with Crippen molar-refractivity contribution in [3.05, 3.63) is 22.1 Å². The summed E-state index contributed by atoms with van der Waals surface area (Å²) in [4.78, 5) is 16.6. The van der Waals surface area contributed by atoms with E-state index in [4.69, 9.17) is 0 Å². The zero-order valence-corrected chi connectivity index (χ0v) is 10.9. The van der Waals surface area contributed by atoms with Crippen molar-refractivity contribution in [1.82, 2.24) is 14.6 Å². The van der Waals surface area contributed by atoms with Gasteiger partial charge in [-0.25, -0.2) is 4.98 Å². The standard InChI is InChI=1S/C11H16N4OS/c1-3-4-5-6-12-10-14-15-9(16)7-8(2)13-11(15)17-10/h7H,3-6H2,1-2H3,(H,12,14). The molecule has 2 aromatic rings. The highest BCUT2D eigenvalue weighted by atomic mass is 32.1. The first kappa shape index (κ1) is 12.0. The lowest BCUT2D eigenvalue weighted by Gasteiger charge is -1.99. The largest absolute Gasteiger partial charge is 0.360 e. The summed E-state index contributed by atoms with van der Waals surface area (Å²) in [6.45, 7) is 4.88. The Morgan fingerprint density at radius 2 is 2.29 bits per heavy atom. The van der Waals surface area contributed by atoms with Crippen molar-refractivity contribution in [3.63, 3.8) is 0 Å². The van der Waals surface area contributed by atoms with Crippen molar-refractivity contribution < 1.29 is 0 Å². The van der Waals surface area contributed by atoms with E-state index in [1.807, 2.05) is 6.92 Å². The molecule has 2 aromatic heterocycles. The van der Waals surface area contributed by atoms with Crippen LogP contribution in [0.4, 0.5) is 5.13 Å². The van der Waals surface area contributed by atoms with Crippen LogP contribution in [-0.2, 0) is 0 Å². The Morgan fingerprint density at radius 1 is 1.47 bits per heavy atom. The third-order valence-electron chi connectivity index (χ3n) is 2.43. The predicted molar refractivity (Wildman–Crippen MR) is 69.9 cm³/mol. The van der Waals surface area contributed by atoms with E-state index in [1.54, 1.807) is 0 Å². The first-order valence-electron chi connectivity index (χ1n) is 5.82. The summed E-state index contributed by atoms with van der Waals surface area (Å²) in [6, 6.07) is 1.49. The zero-order chi connectivity index (χ0) is 12.3. The maximum Gasteiger partial charge on any atom is 0.275 e. The molecule has 0 spiro atoms. The number of hydrogen-bond donors (Lipinski definition) is 1. The molecule has 17 heavy (non-hydrogen) atoms. The number of nitrogens with one attached hydrogen (secondary N) is 1. The van der Waals surface area contributed by atoms with Crippen LogP contribution in [0.2, 0.25) is 0 Å². The van der Waals surface area contributed by atoms with Crippen LogP contribution in [0.5, 0.6) is 0 Å². The average Bonchev–Trinajstić information content (AvgIpc) is 2.67. The fourth-order valence-electron chi connectivity index (χ4n) is 1.56. The molecule has 0 saturated carbocycles. The van der Waals surface area contributed by atoms with E-state index < -0.39 is 0 Å². The third-order valence-corrected chi connectivity index (χ3v) is 3.30. The molecule has 5 nitrogen and oxygen atoms in total. The summed E-state index contributed by atoms with van der Waals surface area (Å²) >= 11 is 1.41. The number of unbranched alkanes of at least 4 members (excludes halogenated alkanes) is 2. The van der Waals surface area contributed by atoms with Crippen LogP contribution in [0.25, 0.3) is 4.96 Å². The Hall–Kier alpha value is -1.43. The second-order valence-electron chi connectivity index (χ2n) is 3.97. The van der Waals surface area contributed by atoms with E-state index in [0.29, 0.717) is 4.96 Å². The van der Waals surface area contributed by atoms with Crippen LogP contribution in [-0.4, -0.2) is 21.1 Å². The lowest BCUT2D eigenvalue weighted by molar-refractivity contribution is 0.741. The fourth-order valence-corrected chi connectivity index (χ4v) is 2.44. The molecule has 0 bridgehead atoms. The summed E-state index contributed by atoms with van der Waals surface area (Å²) in [6.07, 6.45) is 3.52. The Balaban J connectivity index is 2.15.